The SMILES string of the molecule is C1=C[C@@H]2[C@H](C1)[C@@H]1C[C@@H]2[C@H]2N=NN(c3ccccc3)[C@@H]12. The number of allylic oxidation sites excluding steroid dienone is 2. The fourth-order valence-corrected chi connectivity index (χ4v) is 4.99. The van der Waals surface area contributed by atoms with Crippen LogP contribution in [0.25, 0.3) is 0 Å². The Bertz CT molecular complexity index is 565. The molecular weight excluding hydrogens is 234 g/mol. The molecule has 0 spiro atoms. The zero-order chi connectivity index (χ0) is 12.4. The number of rotatable bonds is 1. The van der Waals surface area contributed by atoms with Crippen LogP contribution >= 0.6 is 0 Å². The number of para-hydroxylation sites is 1. The van der Waals surface area contributed by atoms with Gasteiger partial charge in [0.25, 0.3) is 0 Å². The second-order valence-electron chi connectivity index (χ2n) is 6.33. The van der Waals surface area contributed by atoms with Gasteiger partial charge in [-0.25, -0.2) is 5.01 Å². The predicted molar refractivity (Wildman–Crippen MR) is 73.7 cm³/mol. The third-order valence-corrected chi connectivity index (χ3v) is 5.66. The first kappa shape index (κ1) is 10.2. The standard InChI is InChI=1S/C16H17N3/c1-2-5-10(6-3-1)19-16-14-9-13(15(16)17-18-19)11-7-4-8-12(11)14/h1-7,11-16H,8-9H2/t11-,12+,13+,14+,15-,16+/m1/s1. The average Bonchev–Trinajstić information content (AvgIpc) is 3.17. The predicted octanol–water partition coefficient (Wildman–Crippen LogP) is 3.45. The molecule has 2 fully saturated rings. The Kier molecular flexibility index (Phi) is 1.86. The van der Waals surface area contributed by atoms with Crippen molar-refractivity contribution in [3.8, 4) is 0 Å². The number of nitrogens with zero attached hydrogens (tertiary/aromatic N) is 3. The van der Waals surface area contributed by atoms with Crippen molar-refractivity contribution in [2.75, 3.05) is 5.01 Å². The summed E-state index contributed by atoms with van der Waals surface area (Å²) in [5.74, 6) is 3.18. The van der Waals surface area contributed by atoms with Crippen molar-refractivity contribution in [2.45, 2.75) is 24.9 Å². The molecule has 4 aliphatic rings. The average molecular weight is 251 g/mol. The maximum absolute atomic E-state index is 4.62. The summed E-state index contributed by atoms with van der Waals surface area (Å²) in [5, 5.41) is 11.3. The van der Waals surface area contributed by atoms with Crippen LogP contribution in [-0.4, -0.2) is 12.1 Å². The highest BCUT2D eigenvalue weighted by Gasteiger charge is 2.61. The van der Waals surface area contributed by atoms with Crippen LogP contribution < -0.4 is 5.01 Å². The van der Waals surface area contributed by atoms with Gasteiger partial charge in [-0.05, 0) is 48.6 Å². The van der Waals surface area contributed by atoms with Gasteiger partial charge in [0, 0.05) is 0 Å². The molecule has 0 aromatic heterocycles. The molecule has 1 heterocycles. The lowest BCUT2D eigenvalue weighted by Crippen LogP contribution is -2.44. The quantitative estimate of drug-likeness (QED) is 0.702. The minimum Gasteiger partial charge on any atom is -0.242 e. The van der Waals surface area contributed by atoms with E-state index in [1.54, 1.807) is 0 Å². The maximum Gasteiger partial charge on any atom is 0.0990 e. The minimum atomic E-state index is 0.439. The summed E-state index contributed by atoms with van der Waals surface area (Å²) in [6.07, 6.45) is 7.47. The number of benzene rings is 1. The summed E-state index contributed by atoms with van der Waals surface area (Å²) in [5.41, 5.74) is 1.20. The highest BCUT2D eigenvalue weighted by Crippen LogP contribution is 2.60. The summed E-state index contributed by atoms with van der Waals surface area (Å²) < 4.78 is 0. The number of hydrogen-bond donors (Lipinski definition) is 0. The Hall–Kier alpha value is -1.64. The molecule has 3 aliphatic carbocycles. The fourth-order valence-electron chi connectivity index (χ4n) is 4.99. The van der Waals surface area contributed by atoms with Crippen molar-refractivity contribution in [1.82, 2.24) is 0 Å². The van der Waals surface area contributed by atoms with E-state index >= 15 is 0 Å². The molecule has 2 saturated carbocycles. The highest BCUT2D eigenvalue weighted by molar-refractivity contribution is 5.48. The van der Waals surface area contributed by atoms with E-state index < -0.39 is 0 Å². The fraction of sp³-hybridized carbons (Fsp3) is 0.500. The minimum absolute atomic E-state index is 0.439. The third-order valence-electron chi connectivity index (χ3n) is 5.66. The van der Waals surface area contributed by atoms with Crippen molar-refractivity contribution in [1.29, 1.82) is 0 Å². The third kappa shape index (κ3) is 1.18. The van der Waals surface area contributed by atoms with E-state index in [1.165, 1.54) is 18.5 Å². The van der Waals surface area contributed by atoms with Crippen LogP contribution in [0.2, 0.25) is 0 Å². The number of fused-ring (bicyclic) bond motifs is 8. The van der Waals surface area contributed by atoms with E-state index in [4.69, 9.17) is 0 Å². The van der Waals surface area contributed by atoms with Crippen molar-refractivity contribution in [3.63, 3.8) is 0 Å². The van der Waals surface area contributed by atoms with E-state index in [0.29, 0.717) is 12.1 Å². The summed E-state index contributed by atoms with van der Waals surface area (Å²) in [7, 11) is 0. The molecule has 2 bridgehead atoms. The van der Waals surface area contributed by atoms with Crippen LogP contribution in [0, 0.1) is 23.7 Å². The Morgan fingerprint density at radius 1 is 1.05 bits per heavy atom. The smallest absolute Gasteiger partial charge is 0.0990 e. The van der Waals surface area contributed by atoms with Gasteiger partial charge in [0.05, 0.1) is 17.8 Å². The first-order chi connectivity index (χ1) is 9.43. The Balaban J connectivity index is 1.53. The number of hydrogen-bond acceptors (Lipinski definition) is 3. The van der Waals surface area contributed by atoms with Crippen molar-refractivity contribution < 1.29 is 0 Å². The molecule has 6 atom stereocenters. The lowest BCUT2D eigenvalue weighted by atomic mass is 9.76. The van der Waals surface area contributed by atoms with E-state index in [0.717, 1.165) is 23.7 Å². The summed E-state index contributed by atoms with van der Waals surface area (Å²) in [6.45, 7) is 0. The molecule has 0 amide bonds. The lowest BCUT2D eigenvalue weighted by molar-refractivity contribution is 0.238. The monoisotopic (exact) mass is 251 g/mol. The molecule has 1 aromatic rings. The van der Waals surface area contributed by atoms with Gasteiger partial charge in [0.2, 0.25) is 0 Å². The second kappa shape index (κ2) is 3.47. The van der Waals surface area contributed by atoms with Gasteiger partial charge >= 0.3 is 0 Å². The molecule has 0 saturated heterocycles. The van der Waals surface area contributed by atoms with E-state index in [-0.39, 0.29) is 0 Å². The van der Waals surface area contributed by atoms with Crippen LogP contribution in [0.15, 0.2) is 52.8 Å². The molecule has 0 unspecified atom stereocenters. The van der Waals surface area contributed by atoms with Gasteiger partial charge in [-0.1, -0.05) is 35.6 Å². The normalized spacial score (nSPS) is 44.9. The zero-order valence-electron chi connectivity index (χ0n) is 10.8. The Morgan fingerprint density at radius 2 is 1.95 bits per heavy atom. The molecule has 1 aliphatic heterocycles. The molecule has 0 N–H and O–H groups in total. The van der Waals surface area contributed by atoms with Gasteiger partial charge < -0.3 is 0 Å². The summed E-state index contributed by atoms with van der Waals surface area (Å²) in [6, 6.07) is 11.5. The van der Waals surface area contributed by atoms with Crippen LogP contribution in [0.3, 0.4) is 0 Å². The molecule has 5 rings (SSSR count). The van der Waals surface area contributed by atoms with Crippen molar-refractivity contribution >= 4 is 5.69 Å². The van der Waals surface area contributed by atoms with Gasteiger partial charge in [-0.15, -0.1) is 0 Å². The van der Waals surface area contributed by atoms with E-state index in [2.05, 4.69) is 57.8 Å². The van der Waals surface area contributed by atoms with Crippen LogP contribution in [0.5, 0.6) is 0 Å². The summed E-state index contributed by atoms with van der Waals surface area (Å²) >= 11 is 0. The van der Waals surface area contributed by atoms with Gasteiger partial charge in [-0.3, -0.25) is 0 Å². The van der Waals surface area contributed by atoms with Gasteiger partial charge in [0.1, 0.15) is 0 Å². The molecule has 3 nitrogen and oxygen atoms in total. The Labute approximate surface area is 113 Å². The molecule has 0 radical (unpaired) electrons. The maximum atomic E-state index is 4.62. The first-order valence-corrected chi connectivity index (χ1v) is 7.35. The molecule has 3 heteroatoms. The van der Waals surface area contributed by atoms with Crippen molar-refractivity contribution in [2.24, 2.45) is 34.0 Å². The second-order valence-corrected chi connectivity index (χ2v) is 6.33. The highest BCUT2D eigenvalue weighted by atomic mass is 15.6. The van der Waals surface area contributed by atoms with E-state index in [9.17, 15) is 0 Å². The first-order valence-electron chi connectivity index (χ1n) is 7.35. The topological polar surface area (TPSA) is 28.0 Å². The Morgan fingerprint density at radius 3 is 2.84 bits per heavy atom. The van der Waals surface area contributed by atoms with Crippen LogP contribution in [0.4, 0.5) is 5.69 Å². The van der Waals surface area contributed by atoms with Crippen LogP contribution in [-0.2, 0) is 0 Å². The molecule has 1 aromatic carbocycles. The van der Waals surface area contributed by atoms with Gasteiger partial charge in [-0.2, -0.15) is 5.11 Å². The molecule has 96 valence electrons. The zero-order valence-corrected chi connectivity index (χ0v) is 10.8. The summed E-state index contributed by atoms with van der Waals surface area (Å²) in [4.78, 5) is 0. The lowest BCUT2D eigenvalue weighted by Gasteiger charge is -2.35. The van der Waals surface area contributed by atoms with E-state index in [1.807, 2.05) is 0 Å². The largest absolute Gasteiger partial charge is 0.242 e. The van der Waals surface area contributed by atoms with Gasteiger partial charge in [0.15, 0.2) is 0 Å². The van der Waals surface area contributed by atoms with Crippen molar-refractivity contribution in [3.05, 3.63) is 42.5 Å². The van der Waals surface area contributed by atoms with Crippen LogP contribution in [0.1, 0.15) is 12.8 Å². The molecular formula is C16H17N3. The molecule has 19 heavy (non-hydrogen) atoms. The number of anilines is 1.